The third-order valence-electron chi connectivity index (χ3n) is 4.16. The Morgan fingerprint density at radius 3 is 2.48 bits per heavy atom. The van der Waals surface area contributed by atoms with Gasteiger partial charge in [0.2, 0.25) is 15.9 Å². The second-order valence-electron chi connectivity index (χ2n) is 6.35. The van der Waals surface area contributed by atoms with Crippen molar-refractivity contribution < 1.29 is 13.2 Å². The third kappa shape index (κ3) is 4.62. The number of sulfonamides is 1. The van der Waals surface area contributed by atoms with Crippen LogP contribution in [0.25, 0.3) is 10.9 Å². The molecule has 0 saturated heterocycles. The molecule has 1 aromatic heterocycles. The molecule has 0 aliphatic heterocycles. The van der Waals surface area contributed by atoms with Gasteiger partial charge < -0.3 is 5.32 Å². The van der Waals surface area contributed by atoms with Gasteiger partial charge in [-0.05, 0) is 31.2 Å². The Labute approximate surface area is 158 Å². The van der Waals surface area contributed by atoms with Crippen molar-refractivity contribution in [1.29, 1.82) is 0 Å². The summed E-state index contributed by atoms with van der Waals surface area (Å²) in [7, 11) is -3.57. The first-order valence-corrected chi connectivity index (χ1v) is 10.4. The molecule has 0 fully saturated rings. The lowest BCUT2D eigenvalue weighted by Gasteiger charge is -2.23. The van der Waals surface area contributed by atoms with Crippen LogP contribution >= 0.6 is 0 Å². The van der Waals surface area contributed by atoms with E-state index >= 15 is 0 Å². The number of carbonyl (C=O) groups excluding carboxylic acids is 1. The number of nitrogens with zero attached hydrogens (tertiary/aromatic N) is 2. The summed E-state index contributed by atoms with van der Waals surface area (Å²) < 4.78 is 25.9. The van der Waals surface area contributed by atoms with Crippen LogP contribution < -0.4 is 9.62 Å². The molecule has 0 unspecified atom stereocenters. The summed E-state index contributed by atoms with van der Waals surface area (Å²) in [6.07, 6.45) is 2.78. The van der Waals surface area contributed by atoms with Gasteiger partial charge in [-0.1, -0.05) is 35.9 Å². The van der Waals surface area contributed by atoms with Gasteiger partial charge >= 0.3 is 0 Å². The van der Waals surface area contributed by atoms with E-state index in [0.717, 1.165) is 17.2 Å². The highest BCUT2D eigenvalue weighted by molar-refractivity contribution is 7.92. The van der Waals surface area contributed by atoms with Crippen molar-refractivity contribution in [1.82, 2.24) is 4.98 Å². The van der Waals surface area contributed by atoms with Crippen molar-refractivity contribution in [2.45, 2.75) is 13.3 Å². The summed E-state index contributed by atoms with van der Waals surface area (Å²) in [6, 6.07) is 16.5. The second kappa shape index (κ2) is 7.75. The highest BCUT2D eigenvalue weighted by Crippen LogP contribution is 2.26. The molecule has 0 radical (unpaired) electrons. The van der Waals surface area contributed by atoms with E-state index in [2.05, 4.69) is 10.3 Å². The van der Waals surface area contributed by atoms with Gasteiger partial charge in [-0.3, -0.25) is 14.1 Å². The molecule has 7 heteroatoms. The maximum absolute atomic E-state index is 12.4. The van der Waals surface area contributed by atoms with Crippen molar-refractivity contribution in [2.24, 2.45) is 0 Å². The standard InChI is InChI=1S/C20H21N3O3S/c1-15-8-10-17(11-9-15)22-19(24)12-14-23(27(2,25)26)18-7-3-5-16-6-4-13-21-20(16)18/h3-11,13H,12,14H2,1-2H3,(H,22,24). The predicted octanol–water partition coefficient (Wildman–Crippen LogP) is 3.34. The number of hydrogen-bond acceptors (Lipinski definition) is 4. The summed E-state index contributed by atoms with van der Waals surface area (Å²) in [5, 5.41) is 3.63. The van der Waals surface area contributed by atoms with Gasteiger partial charge in [0.25, 0.3) is 0 Å². The molecule has 3 aromatic rings. The van der Waals surface area contributed by atoms with Gasteiger partial charge in [-0.15, -0.1) is 0 Å². The van der Waals surface area contributed by atoms with Crippen molar-refractivity contribution in [3.63, 3.8) is 0 Å². The fraction of sp³-hybridized carbons (Fsp3) is 0.200. The largest absolute Gasteiger partial charge is 0.326 e. The van der Waals surface area contributed by atoms with Crippen molar-refractivity contribution in [3.05, 3.63) is 66.4 Å². The molecular weight excluding hydrogens is 362 g/mol. The predicted molar refractivity (Wildman–Crippen MR) is 108 cm³/mol. The molecule has 140 valence electrons. The number of carbonyl (C=O) groups is 1. The number of aromatic nitrogens is 1. The SMILES string of the molecule is Cc1ccc(NC(=O)CCN(c2cccc3cccnc23)S(C)(=O)=O)cc1. The Kier molecular flexibility index (Phi) is 5.41. The Bertz CT molecular complexity index is 1060. The quantitative estimate of drug-likeness (QED) is 0.708. The number of aryl methyl sites for hydroxylation is 1. The summed E-state index contributed by atoms with van der Waals surface area (Å²) in [5.74, 6) is -0.249. The number of rotatable bonds is 6. The smallest absolute Gasteiger partial charge is 0.232 e. The molecule has 1 amide bonds. The number of nitrogens with one attached hydrogen (secondary N) is 1. The molecule has 0 aliphatic carbocycles. The maximum Gasteiger partial charge on any atom is 0.232 e. The van der Waals surface area contributed by atoms with E-state index in [9.17, 15) is 13.2 Å². The van der Waals surface area contributed by atoms with Crippen LogP contribution in [0.3, 0.4) is 0 Å². The lowest BCUT2D eigenvalue weighted by Crippen LogP contribution is -2.33. The first-order valence-electron chi connectivity index (χ1n) is 8.52. The molecule has 3 rings (SSSR count). The molecular formula is C20H21N3O3S. The molecule has 6 nitrogen and oxygen atoms in total. The summed E-state index contributed by atoms with van der Waals surface area (Å²) in [5.41, 5.74) is 2.84. The topological polar surface area (TPSA) is 79.4 Å². The number of pyridine rings is 1. The Morgan fingerprint density at radius 2 is 1.78 bits per heavy atom. The number of benzene rings is 2. The van der Waals surface area contributed by atoms with Crippen LogP contribution in [0.5, 0.6) is 0 Å². The van der Waals surface area contributed by atoms with E-state index in [4.69, 9.17) is 0 Å². The van der Waals surface area contributed by atoms with Crippen molar-refractivity contribution in [2.75, 3.05) is 22.4 Å². The summed E-state index contributed by atoms with van der Waals surface area (Å²) in [6.45, 7) is 2.00. The minimum absolute atomic E-state index is 0.0319. The van der Waals surface area contributed by atoms with E-state index in [1.807, 2.05) is 43.3 Å². The number of hydrogen-bond donors (Lipinski definition) is 1. The van der Waals surface area contributed by atoms with Crippen LogP contribution in [0.2, 0.25) is 0 Å². The number of para-hydroxylation sites is 1. The maximum atomic E-state index is 12.4. The highest BCUT2D eigenvalue weighted by Gasteiger charge is 2.21. The van der Waals surface area contributed by atoms with E-state index in [1.54, 1.807) is 24.4 Å². The minimum atomic E-state index is -3.57. The molecule has 1 N–H and O–H groups in total. The average molecular weight is 383 g/mol. The van der Waals surface area contributed by atoms with Crippen molar-refractivity contribution in [3.8, 4) is 0 Å². The summed E-state index contributed by atoms with van der Waals surface area (Å²) >= 11 is 0. The molecule has 0 aliphatic rings. The molecule has 0 atom stereocenters. The summed E-state index contributed by atoms with van der Waals surface area (Å²) in [4.78, 5) is 16.6. The molecule has 1 heterocycles. The zero-order valence-corrected chi connectivity index (χ0v) is 16.0. The Morgan fingerprint density at radius 1 is 1.07 bits per heavy atom. The first-order chi connectivity index (χ1) is 12.8. The van der Waals surface area contributed by atoms with Crippen LogP contribution in [-0.2, 0) is 14.8 Å². The van der Waals surface area contributed by atoms with E-state index in [0.29, 0.717) is 16.9 Å². The van der Waals surface area contributed by atoms with Crippen LogP contribution in [0.4, 0.5) is 11.4 Å². The number of fused-ring (bicyclic) bond motifs is 1. The Balaban J connectivity index is 1.80. The number of amides is 1. The monoisotopic (exact) mass is 383 g/mol. The van der Waals surface area contributed by atoms with Crippen LogP contribution in [0.15, 0.2) is 60.8 Å². The van der Waals surface area contributed by atoms with E-state index in [-0.39, 0.29) is 18.9 Å². The van der Waals surface area contributed by atoms with Crippen LogP contribution in [-0.4, -0.2) is 32.1 Å². The molecule has 2 aromatic carbocycles. The second-order valence-corrected chi connectivity index (χ2v) is 8.26. The third-order valence-corrected chi connectivity index (χ3v) is 5.34. The van der Waals surface area contributed by atoms with Crippen LogP contribution in [0.1, 0.15) is 12.0 Å². The lowest BCUT2D eigenvalue weighted by atomic mass is 10.2. The zero-order chi connectivity index (χ0) is 19.4. The zero-order valence-electron chi connectivity index (χ0n) is 15.2. The van der Waals surface area contributed by atoms with E-state index < -0.39 is 10.0 Å². The van der Waals surface area contributed by atoms with Gasteiger partial charge in [-0.2, -0.15) is 0 Å². The van der Waals surface area contributed by atoms with E-state index in [1.165, 1.54) is 4.31 Å². The fourth-order valence-electron chi connectivity index (χ4n) is 2.82. The van der Waals surface area contributed by atoms with Gasteiger partial charge in [0.1, 0.15) is 0 Å². The fourth-order valence-corrected chi connectivity index (χ4v) is 3.75. The van der Waals surface area contributed by atoms with Gasteiger partial charge in [0, 0.05) is 30.2 Å². The molecule has 0 bridgehead atoms. The number of anilines is 2. The average Bonchev–Trinajstić information content (AvgIpc) is 2.63. The molecule has 0 spiro atoms. The van der Waals surface area contributed by atoms with Gasteiger partial charge in [-0.25, -0.2) is 8.42 Å². The lowest BCUT2D eigenvalue weighted by molar-refractivity contribution is -0.116. The van der Waals surface area contributed by atoms with Crippen LogP contribution in [0, 0.1) is 6.92 Å². The van der Waals surface area contributed by atoms with Gasteiger partial charge in [0.05, 0.1) is 17.5 Å². The first kappa shape index (κ1) is 18.8. The highest BCUT2D eigenvalue weighted by atomic mass is 32.2. The normalized spacial score (nSPS) is 11.3. The minimum Gasteiger partial charge on any atom is -0.326 e. The molecule has 0 saturated carbocycles. The van der Waals surface area contributed by atoms with Gasteiger partial charge in [0.15, 0.2) is 0 Å². The molecule has 27 heavy (non-hydrogen) atoms. The van der Waals surface area contributed by atoms with Crippen molar-refractivity contribution >= 4 is 38.2 Å². The Hall–Kier alpha value is -2.93.